The zero-order valence-corrected chi connectivity index (χ0v) is 10.0. The van der Waals surface area contributed by atoms with Gasteiger partial charge in [0.05, 0.1) is 11.1 Å². The minimum Gasteiger partial charge on any atom is -0.478 e. The zero-order valence-electron chi connectivity index (χ0n) is 9.21. The van der Waals surface area contributed by atoms with Crippen LogP contribution in [0, 0.1) is 0 Å². The third kappa shape index (κ3) is 3.66. The van der Waals surface area contributed by atoms with E-state index >= 15 is 0 Å². The summed E-state index contributed by atoms with van der Waals surface area (Å²) in [4.78, 5) is 11.3. The normalized spacial score (nSPS) is 11.9. The van der Waals surface area contributed by atoms with Gasteiger partial charge in [0, 0.05) is 10.1 Å². The summed E-state index contributed by atoms with van der Waals surface area (Å²) in [6.45, 7) is 3.76. The van der Waals surface area contributed by atoms with Crippen molar-refractivity contribution in [2.24, 2.45) is 0 Å². The van der Waals surface area contributed by atoms with E-state index < -0.39 is 23.3 Å². The second-order valence-corrected chi connectivity index (χ2v) is 5.33. The van der Waals surface area contributed by atoms with Crippen LogP contribution in [0.4, 0.5) is 13.2 Å². The van der Waals surface area contributed by atoms with Crippen LogP contribution in [0.3, 0.4) is 0 Å². The lowest BCUT2D eigenvalue weighted by atomic mass is 10.1. The fraction of sp³-hybridized carbons (Fsp3) is 0.364. The second kappa shape index (κ2) is 5.00. The van der Waals surface area contributed by atoms with Crippen LogP contribution in [0.2, 0.25) is 0 Å². The molecule has 0 amide bonds. The average molecular weight is 264 g/mol. The highest BCUT2D eigenvalue weighted by Crippen LogP contribution is 2.34. The Kier molecular flexibility index (Phi) is 4.08. The monoisotopic (exact) mass is 264 g/mol. The van der Waals surface area contributed by atoms with E-state index in [2.05, 4.69) is 0 Å². The van der Waals surface area contributed by atoms with E-state index in [-0.39, 0.29) is 5.25 Å². The Bertz CT molecular complexity index is 427. The molecule has 0 heterocycles. The molecule has 1 aromatic rings. The summed E-state index contributed by atoms with van der Waals surface area (Å²) in [6.07, 6.45) is -4.64. The van der Waals surface area contributed by atoms with Gasteiger partial charge in [-0.2, -0.15) is 13.2 Å². The van der Waals surface area contributed by atoms with Crippen LogP contribution in [0.1, 0.15) is 29.8 Å². The minimum absolute atomic E-state index is 0.174. The number of halogens is 3. The van der Waals surface area contributed by atoms with Gasteiger partial charge in [-0.05, 0) is 18.2 Å². The van der Waals surface area contributed by atoms with Crippen LogP contribution >= 0.6 is 11.8 Å². The summed E-state index contributed by atoms with van der Waals surface area (Å²) in [6, 6.07) is 3.17. The molecule has 94 valence electrons. The van der Waals surface area contributed by atoms with Gasteiger partial charge in [-0.3, -0.25) is 0 Å². The molecule has 0 saturated carbocycles. The summed E-state index contributed by atoms with van der Waals surface area (Å²) >= 11 is 1.32. The van der Waals surface area contributed by atoms with Crippen LogP contribution in [0.5, 0.6) is 0 Å². The van der Waals surface area contributed by atoms with Crippen molar-refractivity contribution in [2.75, 3.05) is 0 Å². The smallest absolute Gasteiger partial charge is 0.417 e. The molecule has 0 saturated heterocycles. The maximum absolute atomic E-state index is 12.5. The van der Waals surface area contributed by atoms with Crippen molar-refractivity contribution in [1.29, 1.82) is 0 Å². The molecule has 0 aliphatic heterocycles. The molecular weight excluding hydrogens is 253 g/mol. The number of thioether (sulfide) groups is 1. The lowest BCUT2D eigenvalue weighted by Crippen LogP contribution is -2.12. The third-order valence-electron chi connectivity index (χ3n) is 1.90. The fourth-order valence-corrected chi connectivity index (χ4v) is 2.17. The molecule has 1 N–H and O–H groups in total. The largest absolute Gasteiger partial charge is 0.478 e. The molecule has 0 atom stereocenters. The van der Waals surface area contributed by atoms with Crippen molar-refractivity contribution < 1.29 is 23.1 Å². The van der Waals surface area contributed by atoms with Gasteiger partial charge in [0.25, 0.3) is 0 Å². The van der Waals surface area contributed by atoms with Gasteiger partial charge in [-0.25, -0.2) is 4.79 Å². The molecule has 0 bridgehead atoms. The van der Waals surface area contributed by atoms with Crippen molar-refractivity contribution in [2.45, 2.75) is 30.2 Å². The first-order chi connectivity index (χ1) is 7.71. The Morgan fingerprint density at radius 3 is 2.35 bits per heavy atom. The summed E-state index contributed by atoms with van der Waals surface area (Å²) in [5.41, 5.74) is -1.82. The van der Waals surface area contributed by atoms with Gasteiger partial charge in [0.2, 0.25) is 0 Å². The summed E-state index contributed by atoms with van der Waals surface area (Å²) < 4.78 is 37.6. The van der Waals surface area contributed by atoms with E-state index in [1.54, 1.807) is 0 Å². The topological polar surface area (TPSA) is 37.3 Å². The summed E-state index contributed by atoms with van der Waals surface area (Å²) in [5.74, 6) is -1.57. The Hall–Kier alpha value is -1.17. The first kappa shape index (κ1) is 13.9. The molecule has 1 rings (SSSR count). The molecule has 1 aromatic carbocycles. The number of hydrogen-bond donors (Lipinski definition) is 1. The van der Waals surface area contributed by atoms with E-state index in [0.717, 1.165) is 12.1 Å². The van der Waals surface area contributed by atoms with Crippen molar-refractivity contribution in [3.05, 3.63) is 29.3 Å². The standard InChI is InChI=1S/C11H11F3O2S/c1-6(2)17-7-3-4-9(11(12,13)14)8(5-7)10(15)16/h3-6H,1-2H3,(H,15,16). The number of rotatable bonds is 3. The first-order valence-corrected chi connectivity index (χ1v) is 5.71. The number of aromatic carboxylic acids is 1. The quantitative estimate of drug-likeness (QED) is 0.841. The van der Waals surface area contributed by atoms with Gasteiger partial charge >= 0.3 is 12.1 Å². The van der Waals surface area contributed by atoms with Crippen molar-refractivity contribution in [1.82, 2.24) is 0 Å². The van der Waals surface area contributed by atoms with Gasteiger partial charge < -0.3 is 5.11 Å². The molecular formula is C11H11F3O2S. The van der Waals surface area contributed by atoms with Crippen molar-refractivity contribution in [3.8, 4) is 0 Å². The molecule has 0 aliphatic rings. The predicted molar refractivity (Wildman–Crippen MR) is 59.4 cm³/mol. The molecule has 0 fully saturated rings. The van der Waals surface area contributed by atoms with E-state index in [1.807, 2.05) is 13.8 Å². The van der Waals surface area contributed by atoms with Crippen molar-refractivity contribution >= 4 is 17.7 Å². The predicted octanol–water partition coefficient (Wildman–Crippen LogP) is 3.90. The van der Waals surface area contributed by atoms with Gasteiger partial charge in [-0.15, -0.1) is 11.8 Å². The maximum atomic E-state index is 12.5. The van der Waals surface area contributed by atoms with Crippen LogP contribution < -0.4 is 0 Å². The minimum atomic E-state index is -4.64. The van der Waals surface area contributed by atoms with E-state index in [4.69, 9.17) is 5.11 Å². The van der Waals surface area contributed by atoms with E-state index in [9.17, 15) is 18.0 Å². The van der Waals surface area contributed by atoms with E-state index in [0.29, 0.717) is 4.90 Å². The summed E-state index contributed by atoms with van der Waals surface area (Å²) in [5, 5.41) is 8.95. The number of hydrogen-bond acceptors (Lipinski definition) is 2. The molecule has 0 aromatic heterocycles. The Morgan fingerprint density at radius 2 is 1.94 bits per heavy atom. The molecule has 2 nitrogen and oxygen atoms in total. The van der Waals surface area contributed by atoms with E-state index in [1.165, 1.54) is 17.8 Å². The van der Waals surface area contributed by atoms with Crippen LogP contribution in [0.15, 0.2) is 23.1 Å². The Balaban J connectivity index is 3.23. The maximum Gasteiger partial charge on any atom is 0.417 e. The zero-order chi connectivity index (χ0) is 13.2. The highest BCUT2D eigenvalue weighted by Gasteiger charge is 2.35. The highest BCUT2D eigenvalue weighted by molar-refractivity contribution is 7.99. The second-order valence-electron chi connectivity index (χ2n) is 3.68. The molecule has 0 radical (unpaired) electrons. The highest BCUT2D eigenvalue weighted by atomic mass is 32.2. The average Bonchev–Trinajstić information content (AvgIpc) is 2.14. The van der Waals surface area contributed by atoms with Gasteiger partial charge in [-0.1, -0.05) is 13.8 Å². The number of carboxylic acids is 1. The number of carboxylic acid groups (broad SMARTS) is 1. The van der Waals surface area contributed by atoms with Crippen molar-refractivity contribution in [3.63, 3.8) is 0 Å². The SMILES string of the molecule is CC(C)Sc1ccc(C(F)(F)F)c(C(=O)O)c1. The Labute approximate surface area is 101 Å². The summed E-state index contributed by atoms with van der Waals surface area (Å²) in [7, 11) is 0. The fourth-order valence-electron chi connectivity index (χ4n) is 1.29. The molecule has 17 heavy (non-hydrogen) atoms. The van der Waals surface area contributed by atoms with Crippen LogP contribution in [-0.4, -0.2) is 16.3 Å². The van der Waals surface area contributed by atoms with Crippen LogP contribution in [-0.2, 0) is 6.18 Å². The molecule has 6 heteroatoms. The van der Waals surface area contributed by atoms with Crippen LogP contribution in [0.25, 0.3) is 0 Å². The Morgan fingerprint density at radius 1 is 1.35 bits per heavy atom. The van der Waals surface area contributed by atoms with Gasteiger partial charge in [0.15, 0.2) is 0 Å². The lowest BCUT2D eigenvalue weighted by molar-refractivity contribution is -0.138. The molecule has 0 aliphatic carbocycles. The molecule has 0 unspecified atom stereocenters. The number of alkyl halides is 3. The van der Waals surface area contributed by atoms with Gasteiger partial charge in [0.1, 0.15) is 0 Å². The third-order valence-corrected chi connectivity index (χ3v) is 2.90. The first-order valence-electron chi connectivity index (χ1n) is 4.83. The number of benzene rings is 1. The number of carbonyl (C=O) groups is 1. The lowest BCUT2D eigenvalue weighted by Gasteiger charge is -2.12. The molecule has 0 spiro atoms.